The van der Waals surface area contributed by atoms with E-state index in [1.54, 1.807) is 6.07 Å². The molecular weight excluding hydrogens is 360 g/mol. The second-order valence-electron chi connectivity index (χ2n) is 9.12. The molecular formula is C25H28N2O2. The van der Waals surface area contributed by atoms with Gasteiger partial charge in [0.25, 0.3) is 5.91 Å². The number of hydrogen-bond donors (Lipinski definition) is 1. The highest BCUT2D eigenvalue weighted by Gasteiger charge is 2.57. The van der Waals surface area contributed by atoms with Crippen molar-refractivity contribution in [2.75, 3.05) is 18.0 Å². The molecule has 4 nitrogen and oxygen atoms in total. The van der Waals surface area contributed by atoms with Crippen molar-refractivity contribution in [3.63, 3.8) is 0 Å². The number of nitrogens with zero attached hydrogens (tertiary/aromatic N) is 1. The van der Waals surface area contributed by atoms with E-state index >= 15 is 0 Å². The number of amides is 1. The predicted octanol–water partition coefficient (Wildman–Crippen LogP) is 4.75. The molecule has 4 aliphatic rings. The number of carbonyl (C=O) groups excluding carboxylic acids is 1. The number of benzene rings is 1. The zero-order valence-corrected chi connectivity index (χ0v) is 17.0. The van der Waals surface area contributed by atoms with Crippen LogP contribution in [0.2, 0.25) is 0 Å². The molecule has 2 unspecified atom stereocenters. The number of ether oxygens (including phenoxy) is 1. The molecule has 1 saturated carbocycles. The lowest BCUT2D eigenvalue weighted by molar-refractivity contribution is 0.0998. The Kier molecular flexibility index (Phi) is 4.19. The minimum Gasteiger partial charge on any atom is -0.457 e. The highest BCUT2D eigenvalue weighted by Crippen LogP contribution is 2.66. The number of allylic oxidation sites excluding steroid dienone is 6. The van der Waals surface area contributed by atoms with Gasteiger partial charge in [0.2, 0.25) is 0 Å². The van der Waals surface area contributed by atoms with Gasteiger partial charge in [0, 0.05) is 30.3 Å². The predicted molar refractivity (Wildman–Crippen MR) is 116 cm³/mol. The third kappa shape index (κ3) is 3.21. The lowest BCUT2D eigenvalue weighted by Gasteiger charge is -2.32. The molecule has 29 heavy (non-hydrogen) atoms. The first kappa shape index (κ1) is 18.3. The summed E-state index contributed by atoms with van der Waals surface area (Å²) in [4.78, 5) is 14.4. The lowest BCUT2D eigenvalue weighted by atomic mass is 9.79. The van der Waals surface area contributed by atoms with Crippen LogP contribution < -0.4 is 15.4 Å². The van der Waals surface area contributed by atoms with Crippen molar-refractivity contribution in [2.24, 2.45) is 23.0 Å². The second kappa shape index (κ2) is 6.65. The Labute approximate surface area is 172 Å². The Bertz CT molecular complexity index is 979. The van der Waals surface area contributed by atoms with Gasteiger partial charge in [-0.1, -0.05) is 31.2 Å². The van der Waals surface area contributed by atoms with Crippen molar-refractivity contribution in [3.05, 3.63) is 71.6 Å². The minimum atomic E-state index is -0.461. The van der Waals surface area contributed by atoms with Crippen LogP contribution in [0.3, 0.4) is 0 Å². The van der Waals surface area contributed by atoms with Gasteiger partial charge in [-0.25, -0.2) is 0 Å². The molecule has 4 heteroatoms. The summed E-state index contributed by atoms with van der Waals surface area (Å²) in [6, 6.07) is 5.76. The Morgan fingerprint density at radius 2 is 2.07 bits per heavy atom. The molecule has 1 amide bonds. The molecule has 0 bridgehead atoms. The molecule has 150 valence electrons. The van der Waals surface area contributed by atoms with Crippen molar-refractivity contribution in [1.82, 2.24) is 0 Å². The molecule has 1 aromatic carbocycles. The molecule has 1 spiro atoms. The molecule has 2 N–H and O–H groups in total. The van der Waals surface area contributed by atoms with E-state index in [0.29, 0.717) is 17.2 Å². The molecule has 2 fully saturated rings. The quantitative estimate of drug-likeness (QED) is 0.810. The molecule has 2 atom stereocenters. The molecule has 1 saturated heterocycles. The Morgan fingerprint density at radius 1 is 1.28 bits per heavy atom. The van der Waals surface area contributed by atoms with Crippen LogP contribution in [0.15, 0.2) is 66.0 Å². The van der Waals surface area contributed by atoms with E-state index in [4.69, 9.17) is 10.5 Å². The fourth-order valence-corrected chi connectivity index (χ4v) is 5.07. The molecule has 1 aliphatic heterocycles. The van der Waals surface area contributed by atoms with Gasteiger partial charge < -0.3 is 15.4 Å². The summed E-state index contributed by atoms with van der Waals surface area (Å²) in [7, 11) is 0. The molecule has 0 aromatic heterocycles. The fourth-order valence-electron chi connectivity index (χ4n) is 5.07. The third-order valence-corrected chi connectivity index (χ3v) is 7.02. The topological polar surface area (TPSA) is 55.6 Å². The van der Waals surface area contributed by atoms with Gasteiger partial charge in [0.15, 0.2) is 0 Å². The van der Waals surface area contributed by atoms with Crippen molar-refractivity contribution in [1.29, 1.82) is 0 Å². The minimum absolute atomic E-state index is 0.234. The van der Waals surface area contributed by atoms with E-state index in [-0.39, 0.29) is 5.41 Å². The van der Waals surface area contributed by atoms with Gasteiger partial charge in [-0.15, -0.1) is 0 Å². The summed E-state index contributed by atoms with van der Waals surface area (Å²) in [5.74, 6) is 2.15. The van der Waals surface area contributed by atoms with Crippen LogP contribution in [0.1, 0.15) is 43.0 Å². The van der Waals surface area contributed by atoms with Gasteiger partial charge in [0.05, 0.1) is 5.56 Å². The van der Waals surface area contributed by atoms with Gasteiger partial charge in [-0.2, -0.15) is 0 Å². The van der Waals surface area contributed by atoms with Gasteiger partial charge in [-0.3, -0.25) is 4.79 Å². The molecule has 5 rings (SSSR count). The summed E-state index contributed by atoms with van der Waals surface area (Å²) < 4.78 is 6.27. The zero-order valence-electron chi connectivity index (χ0n) is 17.0. The highest BCUT2D eigenvalue weighted by atomic mass is 16.5. The van der Waals surface area contributed by atoms with E-state index in [2.05, 4.69) is 42.7 Å². The smallest absolute Gasteiger partial charge is 0.252 e. The highest BCUT2D eigenvalue weighted by molar-refractivity contribution is 5.96. The average molecular weight is 389 g/mol. The van der Waals surface area contributed by atoms with E-state index in [9.17, 15) is 4.79 Å². The number of carbonyl (C=O) groups is 1. The van der Waals surface area contributed by atoms with Crippen molar-refractivity contribution < 1.29 is 9.53 Å². The maximum atomic E-state index is 12.0. The molecule has 3 aliphatic carbocycles. The van der Waals surface area contributed by atoms with Crippen LogP contribution in [0.5, 0.6) is 5.75 Å². The maximum absolute atomic E-state index is 12.0. The summed E-state index contributed by atoms with van der Waals surface area (Å²) >= 11 is 0. The first-order chi connectivity index (χ1) is 13.9. The Hall–Kier alpha value is -2.75. The maximum Gasteiger partial charge on any atom is 0.252 e. The molecule has 1 heterocycles. The third-order valence-electron chi connectivity index (χ3n) is 7.02. The molecule has 0 radical (unpaired) electrons. The normalized spacial score (nSPS) is 28.2. The summed E-state index contributed by atoms with van der Waals surface area (Å²) in [6.07, 6.45) is 13.1. The number of hydrogen-bond acceptors (Lipinski definition) is 3. The van der Waals surface area contributed by atoms with Crippen LogP contribution in [0.4, 0.5) is 5.69 Å². The van der Waals surface area contributed by atoms with Gasteiger partial charge in [0.1, 0.15) is 11.5 Å². The number of piperidine rings is 1. The number of nitrogens with two attached hydrogens (primary N) is 1. The monoisotopic (exact) mass is 388 g/mol. The number of primary amides is 1. The first-order valence-electron chi connectivity index (χ1n) is 10.6. The fraction of sp³-hybridized carbons (Fsp3) is 0.400. The van der Waals surface area contributed by atoms with Crippen LogP contribution >= 0.6 is 0 Å². The van der Waals surface area contributed by atoms with Crippen molar-refractivity contribution >= 4 is 11.6 Å². The van der Waals surface area contributed by atoms with E-state index in [0.717, 1.165) is 43.3 Å². The SMILES string of the molecule is C=C1C=CC2=CC(Oc3cc(N4CCC(C)CC4)ccc3C(N)=O)=CC3CC23C1. The zero-order chi connectivity index (χ0) is 20.2. The number of rotatable bonds is 4. The first-order valence-corrected chi connectivity index (χ1v) is 10.6. The van der Waals surface area contributed by atoms with Gasteiger partial charge >= 0.3 is 0 Å². The van der Waals surface area contributed by atoms with Crippen molar-refractivity contribution in [2.45, 2.75) is 32.6 Å². The number of anilines is 1. The van der Waals surface area contributed by atoms with Crippen LogP contribution in [0.25, 0.3) is 0 Å². The second-order valence-corrected chi connectivity index (χ2v) is 9.12. The summed E-state index contributed by atoms with van der Waals surface area (Å²) in [5.41, 5.74) is 9.90. The standard InChI is InChI=1S/C25H28N2O2/c1-16-7-9-27(10-8-16)20-5-6-22(24(26)28)23(13-20)29-21-11-18-4-3-17(2)14-25(18)15-19(25)12-21/h3-6,11-13,16,19H,2,7-10,14-15H2,1H3,(H2,26,28). The van der Waals surface area contributed by atoms with Crippen LogP contribution in [0, 0.1) is 17.3 Å². The lowest BCUT2D eigenvalue weighted by Crippen LogP contribution is -2.32. The van der Waals surface area contributed by atoms with E-state index in [1.165, 1.54) is 24.0 Å². The van der Waals surface area contributed by atoms with Crippen LogP contribution in [-0.2, 0) is 0 Å². The average Bonchev–Trinajstić information content (AvgIpc) is 3.39. The van der Waals surface area contributed by atoms with Gasteiger partial charge in [-0.05, 0) is 67.4 Å². The van der Waals surface area contributed by atoms with Crippen molar-refractivity contribution in [3.8, 4) is 5.75 Å². The summed E-state index contributed by atoms with van der Waals surface area (Å²) in [6.45, 7) is 8.50. The van der Waals surface area contributed by atoms with E-state index in [1.807, 2.05) is 12.1 Å². The molecule has 1 aromatic rings. The van der Waals surface area contributed by atoms with Crippen LogP contribution in [-0.4, -0.2) is 19.0 Å². The largest absolute Gasteiger partial charge is 0.457 e. The summed E-state index contributed by atoms with van der Waals surface area (Å²) in [5, 5.41) is 0. The van der Waals surface area contributed by atoms with E-state index < -0.39 is 5.91 Å². The Balaban J connectivity index is 1.43. The Morgan fingerprint density at radius 3 is 2.83 bits per heavy atom.